The first-order valence-electron chi connectivity index (χ1n) is 10.9. The fraction of sp³-hybridized carbons (Fsp3) is 0.682. The third-order valence-corrected chi connectivity index (χ3v) is 5.56. The van der Waals surface area contributed by atoms with E-state index in [1.54, 1.807) is 7.11 Å². The molecule has 2 saturated heterocycles. The summed E-state index contributed by atoms with van der Waals surface area (Å²) < 4.78 is 10.8. The van der Waals surface area contributed by atoms with Crippen LogP contribution in [0.5, 0.6) is 5.75 Å². The van der Waals surface area contributed by atoms with Crippen LogP contribution in [0.3, 0.4) is 0 Å². The minimum absolute atomic E-state index is 0. The second-order valence-corrected chi connectivity index (χ2v) is 7.89. The number of guanidine groups is 1. The number of hydrogen-bond donors (Lipinski definition) is 1. The minimum atomic E-state index is 0. The van der Waals surface area contributed by atoms with E-state index in [2.05, 4.69) is 52.1 Å². The number of anilines is 1. The van der Waals surface area contributed by atoms with E-state index in [0.29, 0.717) is 5.92 Å². The van der Waals surface area contributed by atoms with Crippen LogP contribution in [0, 0.1) is 5.92 Å². The van der Waals surface area contributed by atoms with Crippen molar-refractivity contribution in [1.82, 2.24) is 15.1 Å². The average molecular weight is 531 g/mol. The fourth-order valence-corrected chi connectivity index (χ4v) is 3.93. The molecule has 1 aromatic carbocycles. The molecule has 7 nitrogen and oxygen atoms in total. The van der Waals surface area contributed by atoms with Crippen LogP contribution in [0.2, 0.25) is 0 Å². The third-order valence-electron chi connectivity index (χ3n) is 5.56. The topological polar surface area (TPSA) is 52.6 Å². The van der Waals surface area contributed by atoms with Crippen molar-refractivity contribution in [3.63, 3.8) is 0 Å². The molecule has 0 saturated carbocycles. The van der Waals surface area contributed by atoms with Crippen LogP contribution in [0.25, 0.3) is 0 Å². The molecule has 1 aromatic rings. The van der Waals surface area contributed by atoms with E-state index in [9.17, 15) is 0 Å². The van der Waals surface area contributed by atoms with Crippen LogP contribution in [0.4, 0.5) is 5.69 Å². The molecule has 2 aliphatic rings. The van der Waals surface area contributed by atoms with Crippen molar-refractivity contribution in [2.75, 3.05) is 84.1 Å². The number of halogens is 1. The number of piperazine rings is 1. The normalized spacial score (nSPS) is 19.2. The number of nitrogens with zero attached hydrogens (tertiary/aromatic N) is 4. The predicted molar refractivity (Wildman–Crippen MR) is 135 cm³/mol. The number of morpholine rings is 1. The van der Waals surface area contributed by atoms with Crippen molar-refractivity contribution < 1.29 is 9.47 Å². The van der Waals surface area contributed by atoms with E-state index in [-0.39, 0.29) is 24.0 Å². The van der Waals surface area contributed by atoms with E-state index in [1.807, 2.05) is 6.07 Å². The van der Waals surface area contributed by atoms with Crippen LogP contribution < -0.4 is 15.0 Å². The lowest BCUT2D eigenvalue weighted by Gasteiger charge is -2.38. The van der Waals surface area contributed by atoms with Crippen molar-refractivity contribution in [3.05, 3.63) is 24.3 Å². The standard InChI is InChI=1S/C22H37N5O2.HI/c1-4-23-22(24-17-19(2)18-25-12-14-29-15-13-25)27-10-8-26(9-11-27)20-6-5-7-21(16-20)28-3;/h5-7,16,19H,4,8-15,17-18H2,1-3H3,(H,23,24);1H. The molecule has 1 atom stereocenters. The Kier molecular flexibility index (Phi) is 11.0. The van der Waals surface area contributed by atoms with Gasteiger partial charge < -0.3 is 24.6 Å². The molecule has 170 valence electrons. The number of methoxy groups -OCH3 is 1. The highest BCUT2D eigenvalue weighted by Crippen LogP contribution is 2.22. The van der Waals surface area contributed by atoms with E-state index < -0.39 is 0 Å². The second kappa shape index (κ2) is 13.2. The van der Waals surface area contributed by atoms with E-state index in [1.165, 1.54) is 5.69 Å². The zero-order valence-electron chi connectivity index (χ0n) is 18.7. The number of aliphatic imine (C=N–C) groups is 1. The lowest BCUT2D eigenvalue weighted by molar-refractivity contribution is 0.0323. The third kappa shape index (κ3) is 7.46. The van der Waals surface area contributed by atoms with Crippen LogP contribution >= 0.6 is 24.0 Å². The quantitative estimate of drug-likeness (QED) is 0.332. The summed E-state index contributed by atoms with van der Waals surface area (Å²) in [5.41, 5.74) is 1.23. The summed E-state index contributed by atoms with van der Waals surface area (Å²) in [6.07, 6.45) is 0. The molecule has 0 bridgehead atoms. The van der Waals surface area contributed by atoms with Crippen LogP contribution in [-0.4, -0.2) is 95.0 Å². The molecular formula is C22H38IN5O2. The van der Waals surface area contributed by atoms with Crippen LogP contribution in [-0.2, 0) is 4.74 Å². The fourth-order valence-electron chi connectivity index (χ4n) is 3.93. The Labute approximate surface area is 198 Å². The first-order chi connectivity index (χ1) is 14.2. The number of hydrogen-bond acceptors (Lipinski definition) is 5. The maximum atomic E-state index is 5.45. The minimum Gasteiger partial charge on any atom is -0.497 e. The maximum Gasteiger partial charge on any atom is 0.194 e. The first kappa shape index (κ1) is 25.0. The first-order valence-corrected chi connectivity index (χ1v) is 10.9. The Morgan fingerprint density at radius 3 is 2.57 bits per heavy atom. The molecule has 2 aliphatic heterocycles. The highest BCUT2D eigenvalue weighted by atomic mass is 127. The van der Waals surface area contributed by atoms with Crippen molar-refractivity contribution in [2.24, 2.45) is 10.9 Å². The van der Waals surface area contributed by atoms with E-state index in [0.717, 1.165) is 83.8 Å². The van der Waals surface area contributed by atoms with Crippen molar-refractivity contribution in [1.29, 1.82) is 0 Å². The van der Waals surface area contributed by atoms with Gasteiger partial charge in [0.15, 0.2) is 5.96 Å². The summed E-state index contributed by atoms with van der Waals surface area (Å²) in [5.74, 6) is 2.50. The maximum absolute atomic E-state index is 5.45. The highest BCUT2D eigenvalue weighted by molar-refractivity contribution is 14.0. The second-order valence-electron chi connectivity index (χ2n) is 7.89. The molecule has 0 spiro atoms. The summed E-state index contributed by atoms with van der Waals surface area (Å²) in [7, 11) is 1.72. The number of benzene rings is 1. The summed E-state index contributed by atoms with van der Waals surface area (Å²) in [6.45, 7) is 15.0. The molecule has 2 fully saturated rings. The zero-order valence-corrected chi connectivity index (χ0v) is 21.0. The smallest absolute Gasteiger partial charge is 0.194 e. The molecule has 1 N–H and O–H groups in total. The van der Waals surface area contributed by atoms with E-state index >= 15 is 0 Å². The van der Waals surface area contributed by atoms with Gasteiger partial charge in [-0.05, 0) is 25.0 Å². The van der Waals surface area contributed by atoms with Gasteiger partial charge in [0.25, 0.3) is 0 Å². The van der Waals surface area contributed by atoms with Crippen LogP contribution in [0.1, 0.15) is 13.8 Å². The van der Waals surface area contributed by atoms with Crippen LogP contribution in [0.15, 0.2) is 29.3 Å². The summed E-state index contributed by atoms with van der Waals surface area (Å²) in [6, 6.07) is 8.32. The zero-order chi connectivity index (χ0) is 20.5. The number of ether oxygens (including phenoxy) is 2. The van der Waals surface area contributed by atoms with Gasteiger partial charge in [0.1, 0.15) is 5.75 Å². The molecule has 3 rings (SSSR count). The summed E-state index contributed by atoms with van der Waals surface area (Å²) in [4.78, 5) is 12.3. The molecule has 30 heavy (non-hydrogen) atoms. The largest absolute Gasteiger partial charge is 0.497 e. The number of rotatable bonds is 7. The van der Waals surface area contributed by atoms with Gasteiger partial charge >= 0.3 is 0 Å². The number of nitrogens with one attached hydrogen (secondary N) is 1. The highest BCUT2D eigenvalue weighted by Gasteiger charge is 2.21. The molecule has 0 aromatic heterocycles. The summed E-state index contributed by atoms with van der Waals surface area (Å²) >= 11 is 0. The van der Waals surface area contributed by atoms with Crippen molar-refractivity contribution in [2.45, 2.75) is 13.8 Å². The van der Waals surface area contributed by atoms with Gasteiger partial charge in [-0.15, -0.1) is 24.0 Å². The molecule has 0 radical (unpaired) electrons. The molecule has 8 heteroatoms. The van der Waals surface area contributed by atoms with Gasteiger partial charge in [0.05, 0.1) is 20.3 Å². The lowest BCUT2D eigenvalue weighted by Crippen LogP contribution is -2.52. The van der Waals surface area contributed by atoms with Gasteiger partial charge in [0.2, 0.25) is 0 Å². The van der Waals surface area contributed by atoms with Gasteiger partial charge in [-0.2, -0.15) is 0 Å². The Morgan fingerprint density at radius 2 is 1.90 bits per heavy atom. The Balaban J connectivity index is 0.00000320. The van der Waals surface area contributed by atoms with Gasteiger partial charge in [-0.25, -0.2) is 0 Å². The lowest BCUT2D eigenvalue weighted by atomic mass is 10.1. The Hall–Kier alpha value is -1.26. The van der Waals surface area contributed by atoms with E-state index in [4.69, 9.17) is 14.5 Å². The summed E-state index contributed by atoms with van der Waals surface area (Å²) in [5, 5.41) is 3.49. The van der Waals surface area contributed by atoms with Gasteiger partial charge in [-0.1, -0.05) is 13.0 Å². The van der Waals surface area contributed by atoms with Crippen molar-refractivity contribution in [3.8, 4) is 5.75 Å². The SMILES string of the molecule is CCNC(=NCC(C)CN1CCOCC1)N1CCN(c2cccc(OC)c2)CC1.I. The molecule has 1 unspecified atom stereocenters. The van der Waals surface area contributed by atoms with Gasteiger partial charge in [0, 0.05) is 70.7 Å². The predicted octanol–water partition coefficient (Wildman–Crippen LogP) is 2.37. The van der Waals surface area contributed by atoms with Gasteiger partial charge in [-0.3, -0.25) is 9.89 Å². The molecule has 2 heterocycles. The Bertz CT molecular complexity index is 646. The average Bonchev–Trinajstić information content (AvgIpc) is 2.77. The molecule has 0 aliphatic carbocycles. The Morgan fingerprint density at radius 1 is 1.17 bits per heavy atom. The van der Waals surface area contributed by atoms with Crippen molar-refractivity contribution >= 4 is 35.6 Å². The molecular weight excluding hydrogens is 493 g/mol. The molecule has 0 amide bonds. The monoisotopic (exact) mass is 531 g/mol.